The minimum absolute atomic E-state index is 0.0989. The Morgan fingerprint density at radius 3 is 2.63 bits per heavy atom. The molecule has 0 saturated carbocycles. The van der Waals surface area contributed by atoms with E-state index in [0.717, 1.165) is 10.9 Å². The first kappa shape index (κ1) is 19.7. The van der Waals surface area contributed by atoms with Gasteiger partial charge in [-0.3, -0.25) is 4.79 Å². The summed E-state index contributed by atoms with van der Waals surface area (Å²) < 4.78 is 32.8. The number of hydrogen-bond donors (Lipinski definition) is 1. The largest absolute Gasteiger partial charge is 0.487 e. The third kappa shape index (κ3) is 4.52. The van der Waals surface area contributed by atoms with E-state index in [9.17, 15) is 9.00 Å². The monoisotopic (exact) mass is 427 g/mol. The van der Waals surface area contributed by atoms with Gasteiger partial charge in [-0.2, -0.15) is 0 Å². The minimum Gasteiger partial charge on any atom is -0.487 e. The van der Waals surface area contributed by atoms with Gasteiger partial charge in [-0.05, 0) is 36.4 Å². The first-order valence-corrected chi connectivity index (χ1v) is 10.4. The Balaban J connectivity index is 1.41. The number of rotatable bonds is 8. The fourth-order valence-corrected chi connectivity index (χ4v) is 3.32. The van der Waals surface area contributed by atoms with Crippen LogP contribution < -0.4 is 8.92 Å². The van der Waals surface area contributed by atoms with Crippen LogP contribution in [0.4, 0.5) is 0 Å². The minimum atomic E-state index is -1.38. The molecule has 9 heteroatoms. The Morgan fingerprint density at radius 2 is 1.90 bits per heavy atom. The molecule has 1 unspecified atom stereocenters. The fraction of sp³-hybridized carbons (Fsp3) is 0.143. The predicted molar refractivity (Wildman–Crippen MR) is 109 cm³/mol. The quantitative estimate of drug-likeness (QED) is 0.450. The number of nitrogens with zero attached hydrogens (tertiary/aromatic N) is 1. The van der Waals surface area contributed by atoms with Gasteiger partial charge < -0.3 is 23.0 Å². The van der Waals surface area contributed by atoms with Crippen LogP contribution in [0.5, 0.6) is 11.5 Å². The summed E-state index contributed by atoms with van der Waals surface area (Å²) in [5.74, 6) is 0.722. The average Bonchev–Trinajstić information content (AvgIpc) is 3.33. The molecule has 0 aliphatic carbocycles. The summed E-state index contributed by atoms with van der Waals surface area (Å²) in [6.07, 6.45) is 2.80. The summed E-state index contributed by atoms with van der Waals surface area (Å²) in [7, 11) is 0. The zero-order valence-electron chi connectivity index (χ0n) is 15.9. The van der Waals surface area contributed by atoms with Crippen LogP contribution in [0.3, 0.4) is 0 Å². The van der Waals surface area contributed by atoms with Crippen molar-refractivity contribution in [1.29, 1.82) is 0 Å². The Bertz CT molecular complexity index is 1210. The number of carboxylic acid groups (broad SMARTS) is 1. The summed E-state index contributed by atoms with van der Waals surface area (Å²) in [6, 6.07) is 14.0. The second kappa shape index (κ2) is 8.42. The zero-order chi connectivity index (χ0) is 21.1. The van der Waals surface area contributed by atoms with Crippen LogP contribution in [0.2, 0.25) is 0 Å². The van der Waals surface area contributed by atoms with Gasteiger partial charge in [0.25, 0.3) is 0 Å². The van der Waals surface area contributed by atoms with E-state index >= 15 is 0 Å². The summed E-state index contributed by atoms with van der Waals surface area (Å²) in [5.41, 5.74) is 2.57. The van der Waals surface area contributed by atoms with E-state index in [-0.39, 0.29) is 13.0 Å². The molecule has 30 heavy (non-hydrogen) atoms. The number of benzene rings is 2. The molecule has 0 aliphatic heterocycles. The molecule has 2 heterocycles. The van der Waals surface area contributed by atoms with E-state index < -0.39 is 17.0 Å². The van der Waals surface area contributed by atoms with Crippen LogP contribution in [0.15, 0.2) is 63.7 Å². The summed E-state index contributed by atoms with van der Waals surface area (Å²) in [6.45, 7) is 0.188. The molecule has 1 atom stereocenters. The fourth-order valence-electron chi connectivity index (χ4n) is 2.94. The molecule has 4 aromatic rings. The Kier molecular flexibility index (Phi) is 5.53. The lowest BCUT2D eigenvalue weighted by Gasteiger charge is -2.03. The van der Waals surface area contributed by atoms with Crippen molar-refractivity contribution in [2.45, 2.75) is 13.0 Å². The molecule has 0 saturated heterocycles. The molecule has 4 rings (SSSR count). The molecular formula is C21H17NO7S. The standard InChI is InChI=1S/C21H17NO7S/c1-30(25)29-16-4-2-13(3-5-16)19-9-15(22-28-19)12-26-17-6-7-18-14(8-21(23)24)11-27-20(18)10-17/h2-7,9-11H,8,12H2,1H3,(H,23,24). The van der Waals surface area contributed by atoms with Crippen molar-refractivity contribution in [3.8, 4) is 22.8 Å². The molecular weight excluding hydrogens is 410 g/mol. The second-order valence-electron chi connectivity index (χ2n) is 6.47. The van der Waals surface area contributed by atoms with Gasteiger partial charge in [0.05, 0.1) is 12.7 Å². The van der Waals surface area contributed by atoms with E-state index in [1.165, 1.54) is 12.5 Å². The van der Waals surface area contributed by atoms with E-state index in [1.54, 1.807) is 48.5 Å². The molecule has 0 bridgehead atoms. The predicted octanol–water partition coefficient (Wildman–Crippen LogP) is 3.97. The van der Waals surface area contributed by atoms with E-state index in [2.05, 4.69) is 5.16 Å². The number of aromatic nitrogens is 1. The van der Waals surface area contributed by atoms with Gasteiger partial charge >= 0.3 is 5.97 Å². The maximum absolute atomic E-state index is 11.1. The van der Waals surface area contributed by atoms with Gasteiger partial charge in [-0.25, -0.2) is 4.21 Å². The molecule has 0 radical (unpaired) electrons. The first-order chi connectivity index (χ1) is 14.5. The number of aliphatic carboxylic acids is 1. The number of carboxylic acids is 1. The van der Waals surface area contributed by atoms with Crippen molar-refractivity contribution in [2.24, 2.45) is 0 Å². The number of furan rings is 1. The van der Waals surface area contributed by atoms with Crippen LogP contribution >= 0.6 is 0 Å². The van der Waals surface area contributed by atoms with Crippen molar-refractivity contribution in [1.82, 2.24) is 5.16 Å². The smallest absolute Gasteiger partial charge is 0.307 e. The van der Waals surface area contributed by atoms with Crippen molar-refractivity contribution < 1.29 is 32.0 Å². The van der Waals surface area contributed by atoms with Crippen molar-refractivity contribution in [3.05, 3.63) is 66.1 Å². The normalized spacial score (nSPS) is 12.0. The molecule has 2 aromatic carbocycles. The zero-order valence-corrected chi connectivity index (χ0v) is 16.7. The highest BCUT2D eigenvalue weighted by Crippen LogP contribution is 2.27. The SMILES string of the molecule is CS(=O)Oc1ccc(-c2cc(COc3ccc4c(CC(=O)O)coc4c3)no2)cc1. The molecule has 8 nitrogen and oxygen atoms in total. The average molecular weight is 427 g/mol. The second-order valence-corrected chi connectivity index (χ2v) is 7.44. The van der Waals surface area contributed by atoms with Crippen LogP contribution in [0.1, 0.15) is 11.3 Å². The highest BCUT2D eigenvalue weighted by atomic mass is 32.2. The molecule has 154 valence electrons. The third-order valence-electron chi connectivity index (χ3n) is 4.27. The Labute approximate surface area is 173 Å². The van der Waals surface area contributed by atoms with Gasteiger partial charge in [0, 0.05) is 34.9 Å². The topological polar surface area (TPSA) is 112 Å². The highest BCUT2D eigenvalue weighted by molar-refractivity contribution is 7.79. The number of ether oxygens (including phenoxy) is 1. The van der Waals surface area contributed by atoms with E-state index in [4.69, 9.17) is 23.0 Å². The van der Waals surface area contributed by atoms with Crippen LogP contribution in [-0.2, 0) is 28.9 Å². The van der Waals surface area contributed by atoms with Gasteiger partial charge in [-0.1, -0.05) is 5.16 Å². The molecule has 0 fully saturated rings. The van der Waals surface area contributed by atoms with Crippen molar-refractivity contribution in [3.63, 3.8) is 0 Å². The summed E-state index contributed by atoms with van der Waals surface area (Å²) in [4.78, 5) is 10.9. The molecule has 1 N–H and O–H groups in total. The highest BCUT2D eigenvalue weighted by Gasteiger charge is 2.12. The summed E-state index contributed by atoms with van der Waals surface area (Å²) >= 11 is -1.38. The van der Waals surface area contributed by atoms with Gasteiger partial charge in [-0.15, -0.1) is 0 Å². The summed E-state index contributed by atoms with van der Waals surface area (Å²) in [5, 5.41) is 13.7. The first-order valence-electron chi connectivity index (χ1n) is 8.90. The molecule has 0 aliphatic rings. The van der Waals surface area contributed by atoms with E-state index in [1.807, 2.05) is 0 Å². The Morgan fingerprint density at radius 1 is 1.13 bits per heavy atom. The molecule has 0 spiro atoms. The lowest BCUT2D eigenvalue weighted by molar-refractivity contribution is -0.136. The van der Waals surface area contributed by atoms with Crippen LogP contribution in [0.25, 0.3) is 22.3 Å². The number of fused-ring (bicyclic) bond motifs is 1. The van der Waals surface area contributed by atoms with Gasteiger partial charge in [0.2, 0.25) is 11.1 Å². The van der Waals surface area contributed by atoms with Gasteiger partial charge in [0.1, 0.15) is 29.4 Å². The Hall–Kier alpha value is -3.59. The molecule has 2 aromatic heterocycles. The van der Waals surface area contributed by atoms with Gasteiger partial charge in [0.15, 0.2) is 5.76 Å². The van der Waals surface area contributed by atoms with Crippen molar-refractivity contribution in [2.75, 3.05) is 6.26 Å². The molecule has 0 amide bonds. The lowest BCUT2D eigenvalue weighted by Crippen LogP contribution is -1.98. The maximum Gasteiger partial charge on any atom is 0.307 e. The maximum atomic E-state index is 11.1. The van der Waals surface area contributed by atoms with Crippen LogP contribution in [-0.4, -0.2) is 26.7 Å². The third-order valence-corrected chi connectivity index (χ3v) is 4.69. The lowest BCUT2D eigenvalue weighted by atomic mass is 10.1. The number of carbonyl (C=O) groups is 1. The number of hydrogen-bond acceptors (Lipinski definition) is 7. The van der Waals surface area contributed by atoms with Crippen molar-refractivity contribution >= 4 is 28.0 Å². The van der Waals surface area contributed by atoms with E-state index in [0.29, 0.717) is 34.1 Å². The van der Waals surface area contributed by atoms with Crippen LogP contribution in [0, 0.1) is 0 Å².